The molecule has 1 nitrogen and oxygen atoms in total. The van der Waals surface area contributed by atoms with Crippen LogP contribution in [0.3, 0.4) is 0 Å². The molecule has 0 N–H and O–H groups in total. The first-order valence-electron chi connectivity index (χ1n) is 3.38. The van der Waals surface area contributed by atoms with Crippen molar-refractivity contribution in [2.75, 3.05) is 0 Å². The molecule has 74 valence electrons. The smallest absolute Gasteiger partial charge is 0.185 e. The van der Waals surface area contributed by atoms with E-state index in [0.717, 1.165) is 12.1 Å². The lowest BCUT2D eigenvalue weighted by atomic mass is 10.2. The number of benzene rings is 1. The normalized spacial score (nSPS) is 11.1. The molecule has 0 aliphatic heterocycles. The van der Waals surface area contributed by atoms with E-state index in [1.165, 1.54) is 6.07 Å². The highest BCUT2D eigenvalue weighted by Gasteiger charge is 2.33. The van der Waals surface area contributed by atoms with Gasteiger partial charge in [0.25, 0.3) is 0 Å². The van der Waals surface area contributed by atoms with E-state index in [-0.39, 0.29) is 9.92 Å². The first-order valence-corrected chi connectivity index (χ1v) is 4.57. The van der Waals surface area contributed by atoms with Crippen LogP contribution in [0.15, 0.2) is 23.1 Å². The van der Waals surface area contributed by atoms with E-state index in [4.69, 9.17) is 16.9 Å². The zero-order valence-corrected chi connectivity index (χ0v) is 8.17. The van der Waals surface area contributed by atoms with Gasteiger partial charge in [0.2, 0.25) is 0 Å². The predicted molar refractivity (Wildman–Crippen MR) is 47.9 cm³/mol. The molecule has 14 heavy (non-hydrogen) atoms. The second-order valence-corrected chi connectivity index (χ2v) is 3.60. The van der Waals surface area contributed by atoms with Gasteiger partial charge in [-0.3, -0.25) is 0 Å². The molecule has 0 saturated heterocycles. The number of rotatable bonds is 1. The Balaban J connectivity index is 3.17. The molecule has 0 aliphatic rings. The maximum atomic E-state index is 12.3. The summed E-state index contributed by atoms with van der Waals surface area (Å²) in [6.07, 6.45) is -4.48. The third kappa shape index (κ3) is 2.56. The number of thioether (sulfide) groups is 1. The van der Waals surface area contributed by atoms with Crippen LogP contribution in [-0.2, 0) is 6.18 Å². The van der Waals surface area contributed by atoms with Crippen LogP contribution >= 0.6 is 23.4 Å². The van der Waals surface area contributed by atoms with Gasteiger partial charge >= 0.3 is 6.18 Å². The summed E-state index contributed by atoms with van der Waals surface area (Å²) in [7, 11) is 0. The van der Waals surface area contributed by atoms with E-state index in [1.54, 1.807) is 5.40 Å². The predicted octanol–water partition coefficient (Wildman–Crippen LogP) is 3.93. The fourth-order valence-corrected chi connectivity index (χ4v) is 1.48. The average Bonchev–Trinajstić information content (AvgIpc) is 2.07. The van der Waals surface area contributed by atoms with Crippen LogP contribution in [0, 0.1) is 10.7 Å². The molecule has 1 rings (SSSR count). The molecule has 0 fully saturated rings. The average molecular weight is 238 g/mol. The van der Waals surface area contributed by atoms with E-state index >= 15 is 0 Å². The van der Waals surface area contributed by atoms with Crippen molar-refractivity contribution >= 4 is 23.4 Å². The number of hydrogen-bond acceptors (Lipinski definition) is 2. The minimum atomic E-state index is -4.48. The number of nitriles is 1. The number of thiocyanates is 1. The summed E-state index contributed by atoms with van der Waals surface area (Å²) in [4.78, 5) is 0.226. The molecule has 0 spiro atoms. The van der Waals surface area contributed by atoms with E-state index in [1.807, 2.05) is 0 Å². The highest BCUT2D eigenvalue weighted by atomic mass is 35.5. The zero-order chi connectivity index (χ0) is 10.8. The lowest BCUT2D eigenvalue weighted by Crippen LogP contribution is -2.05. The third-order valence-electron chi connectivity index (χ3n) is 1.41. The Hall–Kier alpha value is -0.860. The molecular weight excluding hydrogens is 235 g/mol. The van der Waals surface area contributed by atoms with Gasteiger partial charge in [-0.1, -0.05) is 11.6 Å². The van der Waals surface area contributed by atoms with Crippen LogP contribution in [0.5, 0.6) is 0 Å². The molecule has 0 amide bonds. The molecule has 0 aromatic heterocycles. The topological polar surface area (TPSA) is 23.8 Å². The van der Waals surface area contributed by atoms with Gasteiger partial charge < -0.3 is 0 Å². The molecule has 6 heteroatoms. The molecule has 0 heterocycles. The summed E-state index contributed by atoms with van der Waals surface area (Å²) in [6.45, 7) is 0. The second kappa shape index (κ2) is 4.11. The zero-order valence-electron chi connectivity index (χ0n) is 6.60. The first-order chi connectivity index (χ1) is 6.45. The maximum Gasteiger partial charge on any atom is 0.417 e. The van der Waals surface area contributed by atoms with Gasteiger partial charge in [-0.15, -0.1) is 0 Å². The molecule has 0 radical (unpaired) electrons. The minimum absolute atomic E-state index is 0.226. The number of halogens is 4. The van der Waals surface area contributed by atoms with Crippen molar-refractivity contribution in [3.8, 4) is 5.40 Å². The molecule has 1 aromatic rings. The second-order valence-electron chi connectivity index (χ2n) is 2.33. The molecule has 0 aliphatic carbocycles. The molecule has 1 aromatic carbocycles. The monoisotopic (exact) mass is 237 g/mol. The molecular formula is C8H3ClF3NS. The number of nitrogens with zero attached hydrogens (tertiary/aromatic N) is 1. The maximum absolute atomic E-state index is 12.3. The fraction of sp³-hybridized carbons (Fsp3) is 0.125. The van der Waals surface area contributed by atoms with Gasteiger partial charge in [0.1, 0.15) is 5.40 Å². The van der Waals surface area contributed by atoms with Crippen LogP contribution in [0.1, 0.15) is 5.56 Å². The largest absolute Gasteiger partial charge is 0.417 e. The summed E-state index contributed by atoms with van der Waals surface area (Å²) in [5.41, 5.74) is -0.917. The van der Waals surface area contributed by atoms with Gasteiger partial charge in [-0.25, -0.2) is 0 Å². The van der Waals surface area contributed by atoms with E-state index in [9.17, 15) is 13.2 Å². The number of alkyl halides is 3. The van der Waals surface area contributed by atoms with Crippen molar-refractivity contribution in [3.63, 3.8) is 0 Å². The molecule has 0 unspecified atom stereocenters. The third-order valence-corrected chi connectivity index (χ3v) is 2.32. The Labute approximate surface area is 87.5 Å². The van der Waals surface area contributed by atoms with E-state index < -0.39 is 11.7 Å². The molecule has 0 atom stereocenters. The summed E-state index contributed by atoms with van der Waals surface area (Å²) < 4.78 is 36.9. The lowest BCUT2D eigenvalue weighted by Gasteiger charge is -2.09. The van der Waals surface area contributed by atoms with Crippen molar-refractivity contribution in [1.82, 2.24) is 0 Å². The summed E-state index contributed by atoms with van der Waals surface area (Å²) in [5, 5.41) is 9.61. The van der Waals surface area contributed by atoms with E-state index in [0.29, 0.717) is 11.8 Å². The fourth-order valence-electron chi connectivity index (χ4n) is 0.838. The molecule has 0 saturated carbocycles. The Bertz CT molecular complexity index is 383. The first kappa shape index (κ1) is 11.2. The quantitative estimate of drug-likeness (QED) is 0.546. The van der Waals surface area contributed by atoms with Gasteiger partial charge in [-0.05, 0) is 30.0 Å². The van der Waals surface area contributed by atoms with Crippen LogP contribution in [0.25, 0.3) is 0 Å². The summed E-state index contributed by atoms with van der Waals surface area (Å²) in [6, 6.07) is 3.35. The number of hydrogen-bond donors (Lipinski definition) is 0. The SMILES string of the molecule is N#CSc1ccc(Cl)c(C(F)(F)F)c1. The highest BCUT2D eigenvalue weighted by molar-refractivity contribution is 8.03. The van der Waals surface area contributed by atoms with Gasteiger partial charge in [0.15, 0.2) is 0 Å². The minimum Gasteiger partial charge on any atom is -0.185 e. The van der Waals surface area contributed by atoms with Crippen LogP contribution < -0.4 is 0 Å². The lowest BCUT2D eigenvalue weighted by molar-refractivity contribution is -0.137. The van der Waals surface area contributed by atoms with Crippen LogP contribution in [0.2, 0.25) is 5.02 Å². The van der Waals surface area contributed by atoms with Gasteiger partial charge in [0, 0.05) is 4.90 Å². The van der Waals surface area contributed by atoms with Crippen molar-refractivity contribution < 1.29 is 13.2 Å². The van der Waals surface area contributed by atoms with Crippen molar-refractivity contribution in [2.45, 2.75) is 11.1 Å². The van der Waals surface area contributed by atoms with Gasteiger partial charge in [0.05, 0.1) is 10.6 Å². The Morgan fingerprint density at radius 2 is 2.00 bits per heavy atom. The standard InChI is InChI=1S/C8H3ClF3NS/c9-7-2-1-5(14-4-13)3-6(7)8(10,11)12/h1-3H. The molecule has 0 bridgehead atoms. The summed E-state index contributed by atoms with van der Waals surface area (Å²) in [5.74, 6) is 0. The van der Waals surface area contributed by atoms with Gasteiger partial charge in [-0.2, -0.15) is 18.4 Å². The highest BCUT2D eigenvalue weighted by Crippen LogP contribution is 2.36. The van der Waals surface area contributed by atoms with Crippen LogP contribution in [-0.4, -0.2) is 0 Å². The Kier molecular flexibility index (Phi) is 3.29. The Morgan fingerprint density at radius 3 is 2.50 bits per heavy atom. The Morgan fingerprint density at radius 1 is 1.36 bits per heavy atom. The van der Waals surface area contributed by atoms with Crippen molar-refractivity contribution in [2.24, 2.45) is 0 Å². The van der Waals surface area contributed by atoms with Crippen LogP contribution in [0.4, 0.5) is 13.2 Å². The van der Waals surface area contributed by atoms with E-state index in [2.05, 4.69) is 0 Å². The van der Waals surface area contributed by atoms with Crippen molar-refractivity contribution in [1.29, 1.82) is 5.26 Å². The van der Waals surface area contributed by atoms with Crippen molar-refractivity contribution in [3.05, 3.63) is 28.8 Å². The summed E-state index contributed by atoms with van der Waals surface area (Å²) >= 11 is 6.03.